The second-order valence-corrected chi connectivity index (χ2v) is 6.73. The van der Waals surface area contributed by atoms with Crippen LogP contribution in [0.15, 0.2) is 16.8 Å². The highest BCUT2D eigenvalue weighted by atomic mass is 32.1. The van der Waals surface area contributed by atoms with Gasteiger partial charge in [-0.05, 0) is 48.2 Å². The van der Waals surface area contributed by atoms with E-state index in [0.717, 1.165) is 32.4 Å². The van der Waals surface area contributed by atoms with E-state index in [1.54, 1.807) is 11.3 Å². The van der Waals surface area contributed by atoms with Gasteiger partial charge in [0.15, 0.2) is 0 Å². The molecule has 0 aromatic carbocycles. The number of rotatable bonds is 5. The van der Waals surface area contributed by atoms with Crippen LogP contribution in [0.5, 0.6) is 0 Å². The minimum Gasteiger partial charge on any atom is -0.379 e. The topological polar surface area (TPSA) is 41.6 Å². The second-order valence-electron chi connectivity index (χ2n) is 5.95. The van der Waals surface area contributed by atoms with Crippen LogP contribution in [0.1, 0.15) is 37.8 Å². The molecule has 2 aliphatic rings. The van der Waals surface area contributed by atoms with Crippen molar-refractivity contribution in [3.63, 3.8) is 0 Å². The normalized spacial score (nSPS) is 29.2. The van der Waals surface area contributed by atoms with Crippen molar-refractivity contribution in [1.82, 2.24) is 10.2 Å². The zero-order chi connectivity index (χ0) is 14.7. The van der Waals surface area contributed by atoms with Crippen LogP contribution in [0.2, 0.25) is 0 Å². The van der Waals surface area contributed by atoms with Crippen molar-refractivity contribution in [3.8, 4) is 0 Å². The Bertz CT molecular complexity index is 463. The zero-order valence-electron chi connectivity index (χ0n) is 12.6. The summed E-state index contributed by atoms with van der Waals surface area (Å²) >= 11 is 1.71. The molecule has 0 bridgehead atoms. The molecular weight excluding hydrogens is 284 g/mol. The molecule has 1 N–H and O–H groups in total. The van der Waals surface area contributed by atoms with E-state index in [1.165, 1.54) is 5.56 Å². The van der Waals surface area contributed by atoms with Gasteiger partial charge in [0.1, 0.15) is 0 Å². The van der Waals surface area contributed by atoms with E-state index in [1.807, 2.05) is 0 Å². The summed E-state index contributed by atoms with van der Waals surface area (Å²) in [7, 11) is 0. The summed E-state index contributed by atoms with van der Waals surface area (Å²) in [5, 5.41) is 7.74. The lowest BCUT2D eigenvalue weighted by Crippen LogP contribution is -2.45. The number of nitrogens with one attached hydrogen (secondary N) is 1. The zero-order valence-corrected chi connectivity index (χ0v) is 13.4. The molecule has 0 saturated carbocycles. The minimum absolute atomic E-state index is 0.0178. The number of ether oxygens (including phenoxy) is 1. The minimum atomic E-state index is -0.0178. The fourth-order valence-corrected chi connectivity index (χ4v) is 4.09. The average Bonchev–Trinajstić information content (AvgIpc) is 3.23. The van der Waals surface area contributed by atoms with Crippen molar-refractivity contribution >= 4 is 17.2 Å². The molecule has 21 heavy (non-hydrogen) atoms. The van der Waals surface area contributed by atoms with Crippen LogP contribution in [0.3, 0.4) is 0 Å². The van der Waals surface area contributed by atoms with Crippen molar-refractivity contribution in [2.45, 2.75) is 38.3 Å². The Morgan fingerprint density at radius 1 is 1.52 bits per heavy atom. The first-order valence-corrected chi connectivity index (χ1v) is 8.89. The van der Waals surface area contributed by atoms with Gasteiger partial charge in [0.25, 0.3) is 0 Å². The fraction of sp³-hybridized carbons (Fsp3) is 0.688. The maximum Gasteiger partial charge on any atom is 0.230 e. The number of hydrogen-bond donors (Lipinski definition) is 1. The predicted molar refractivity (Wildman–Crippen MR) is 84.4 cm³/mol. The van der Waals surface area contributed by atoms with Crippen molar-refractivity contribution in [2.24, 2.45) is 5.92 Å². The molecule has 116 valence electrons. The standard InChI is InChI=1S/C16H24N2O2S/c1-2-6-17-14-10-20-9-13(14)16(19)18-7-3-4-15(18)12-5-8-21-11-12/h5,8,11,13-15,17H,2-4,6-7,9-10H2,1H3. The summed E-state index contributed by atoms with van der Waals surface area (Å²) in [6, 6.07) is 2.61. The van der Waals surface area contributed by atoms with E-state index in [0.29, 0.717) is 13.2 Å². The number of carbonyl (C=O) groups excluding carboxylic acids is 1. The third-order valence-electron chi connectivity index (χ3n) is 4.52. The molecule has 4 nitrogen and oxygen atoms in total. The van der Waals surface area contributed by atoms with Crippen LogP contribution in [-0.4, -0.2) is 43.2 Å². The van der Waals surface area contributed by atoms with Gasteiger partial charge in [0.2, 0.25) is 5.91 Å². The lowest BCUT2D eigenvalue weighted by molar-refractivity contribution is -0.137. The average molecular weight is 308 g/mol. The highest BCUT2D eigenvalue weighted by Crippen LogP contribution is 2.35. The molecule has 3 rings (SSSR count). The molecule has 2 saturated heterocycles. The Morgan fingerprint density at radius 3 is 3.19 bits per heavy atom. The first-order valence-electron chi connectivity index (χ1n) is 7.95. The molecule has 3 heterocycles. The molecule has 5 heteroatoms. The van der Waals surface area contributed by atoms with Crippen LogP contribution in [0.25, 0.3) is 0 Å². The molecule has 2 aliphatic heterocycles. The van der Waals surface area contributed by atoms with E-state index in [9.17, 15) is 4.79 Å². The Kier molecular flexibility index (Phi) is 4.93. The van der Waals surface area contributed by atoms with E-state index in [4.69, 9.17) is 4.74 Å². The molecule has 0 aliphatic carbocycles. The summed E-state index contributed by atoms with van der Waals surface area (Å²) in [4.78, 5) is 15.0. The van der Waals surface area contributed by atoms with Crippen molar-refractivity contribution in [3.05, 3.63) is 22.4 Å². The van der Waals surface area contributed by atoms with Gasteiger partial charge >= 0.3 is 0 Å². The lowest BCUT2D eigenvalue weighted by Gasteiger charge is -2.29. The van der Waals surface area contributed by atoms with Gasteiger partial charge in [-0.25, -0.2) is 0 Å². The molecule has 0 spiro atoms. The van der Waals surface area contributed by atoms with Gasteiger partial charge < -0.3 is 15.0 Å². The molecular formula is C16H24N2O2S. The molecule has 1 aromatic heterocycles. The number of thiophene rings is 1. The Balaban J connectivity index is 1.69. The predicted octanol–water partition coefficient (Wildman–Crippen LogP) is 2.43. The summed E-state index contributed by atoms with van der Waals surface area (Å²) in [5.41, 5.74) is 1.29. The first-order chi connectivity index (χ1) is 10.3. The number of nitrogens with zero attached hydrogens (tertiary/aromatic N) is 1. The highest BCUT2D eigenvalue weighted by Gasteiger charge is 2.40. The van der Waals surface area contributed by atoms with E-state index >= 15 is 0 Å². The van der Waals surface area contributed by atoms with Crippen molar-refractivity contribution < 1.29 is 9.53 Å². The second kappa shape index (κ2) is 6.90. The molecule has 0 radical (unpaired) electrons. The van der Waals surface area contributed by atoms with E-state index in [-0.39, 0.29) is 23.9 Å². The van der Waals surface area contributed by atoms with Crippen LogP contribution < -0.4 is 5.32 Å². The number of carbonyl (C=O) groups is 1. The van der Waals surface area contributed by atoms with Crippen molar-refractivity contribution in [1.29, 1.82) is 0 Å². The van der Waals surface area contributed by atoms with Gasteiger partial charge in [-0.1, -0.05) is 6.92 Å². The van der Waals surface area contributed by atoms with Gasteiger partial charge in [0.05, 0.1) is 25.2 Å². The molecule has 1 amide bonds. The fourth-order valence-electron chi connectivity index (χ4n) is 3.38. The number of amides is 1. The molecule has 3 unspecified atom stereocenters. The number of likely N-dealkylation sites (tertiary alicyclic amines) is 1. The summed E-state index contributed by atoms with van der Waals surface area (Å²) < 4.78 is 5.57. The molecule has 1 aromatic rings. The third kappa shape index (κ3) is 3.15. The Morgan fingerprint density at radius 2 is 2.43 bits per heavy atom. The van der Waals surface area contributed by atoms with E-state index in [2.05, 4.69) is 34.0 Å². The smallest absolute Gasteiger partial charge is 0.230 e. The van der Waals surface area contributed by atoms with Crippen LogP contribution in [0.4, 0.5) is 0 Å². The first kappa shape index (κ1) is 15.0. The Hall–Kier alpha value is -0.910. The molecule has 3 atom stereocenters. The van der Waals surface area contributed by atoms with Gasteiger partial charge in [-0.2, -0.15) is 11.3 Å². The van der Waals surface area contributed by atoms with Crippen LogP contribution >= 0.6 is 11.3 Å². The quantitative estimate of drug-likeness (QED) is 0.908. The van der Waals surface area contributed by atoms with E-state index < -0.39 is 0 Å². The highest BCUT2D eigenvalue weighted by molar-refractivity contribution is 7.07. The monoisotopic (exact) mass is 308 g/mol. The summed E-state index contributed by atoms with van der Waals surface area (Å²) in [5.74, 6) is 0.255. The van der Waals surface area contributed by atoms with Crippen LogP contribution in [0, 0.1) is 5.92 Å². The maximum atomic E-state index is 12.9. The SMILES string of the molecule is CCCNC1COCC1C(=O)N1CCCC1c1ccsc1. The van der Waals surface area contributed by atoms with Gasteiger partial charge in [-0.15, -0.1) is 0 Å². The lowest BCUT2D eigenvalue weighted by atomic mass is 10.00. The summed E-state index contributed by atoms with van der Waals surface area (Å²) in [6.45, 7) is 5.20. The summed E-state index contributed by atoms with van der Waals surface area (Å²) in [6.07, 6.45) is 3.27. The van der Waals surface area contributed by atoms with Crippen molar-refractivity contribution in [2.75, 3.05) is 26.3 Å². The van der Waals surface area contributed by atoms with Crippen LogP contribution in [-0.2, 0) is 9.53 Å². The van der Waals surface area contributed by atoms with Gasteiger partial charge in [0, 0.05) is 12.6 Å². The number of hydrogen-bond acceptors (Lipinski definition) is 4. The largest absolute Gasteiger partial charge is 0.379 e. The molecule has 2 fully saturated rings. The third-order valence-corrected chi connectivity index (χ3v) is 5.22. The maximum absolute atomic E-state index is 12.9. The van der Waals surface area contributed by atoms with Gasteiger partial charge in [-0.3, -0.25) is 4.79 Å². The Labute approximate surface area is 130 Å².